The first kappa shape index (κ1) is 15.3. The smallest absolute Gasteiger partial charge is 0.274 e. The predicted octanol–water partition coefficient (Wildman–Crippen LogP) is 2.76. The minimum absolute atomic E-state index is 0.00168. The highest BCUT2D eigenvalue weighted by molar-refractivity contribution is 6.03. The maximum atomic E-state index is 13.7. The number of aromatic hydroxyl groups is 1. The average Bonchev–Trinajstić information content (AvgIpc) is 2.55. The number of hydrogen-bond donors (Lipinski definition) is 2. The van der Waals surface area contributed by atoms with Gasteiger partial charge in [0, 0.05) is 30.1 Å². The number of benzene rings is 1. The largest absolute Gasteiger partial charge is 0.508 e. The number of rotatable bonds is 4. The average molecular weight is 326 g/mol. The Morgan fingerprint density at radius 1 is 1.12 bits per heavy atom. The Balaban J connectivity index is 1.80. The van der Waals surface area contributed by atoms with Crippen LogP contribution in [0.4, 0.5) is 10.1 Å². The zero-order valence-electron chi connectivity index (χ0n) is 12.2. The first-order chi connectivity index (χ1) is 11.6. The molecule has 7 nitrogen and oxygen atoms in total. The van der Waals surface area contributed by atoms with Gasteiger partial charge in [0.2, 0.25) is 0 Å². The fourth-order valence-electron chi connectivity index (χ4n) is 1.91. The van der Waals surface area contributed by atoms with Crippen molar-refractivity contribution in [2.24, 2.45) is 0 Å². The van der Waals surface area contributed by atoms with E-state index in [0.717, 1.165) is 12.1 Å². The van der Waals surface area contributed by atoms with E-state index < -0.39 is 11.7 Å². The molecule has 0 atom stereocenters. The summed E-state index contributed by atoms with van der Waals surface area (Å²) in [5, 5.41) is 11.9. The van der Waals surface area contributed by atoms with Gasteiger partial charge in [-0.3, -0.25) is 9.78 Å². The van der Waals surface area contributed by atoms with Gasteiger partial charge in [0.15, 0.2) is 5.75 Å². The topological polar surface area (TPSA) is 97.2 Å². The van der Waals surface area contributed by atoms with Crippen molar-refractivity contribution < 1.29 is 19.0 Å². The van der Waals surface area contributed by atoms with Crippen LogP contribution >= 0.6 is 0 Å². The first-order valence-electron chi connectivity index (χ1n) is 6.80. The number of ether oxygens (including phenoxy) is 1. The molecule has 3 rings (SSSR count). The first-order valence-corrected chi connectivity index (χ1v) is 6.80. The summed E-state index contributed by atoms with van der Waals surface area (Å²) in [4.78, 5) is 23.5. The van der Waals surface area contributed by atoms with Crippen molar-refractivity contribution in [3.63, 3.8) is 0 Å². The molecule has 8 heteroatoms. The molecule has 0 radical (unpaired) electrons. The van der Waals surface area contributed by atoms with E-state index in [9.17, 15) is 14.3 Å². The number of hydrogen-bond acceptors (Lipinski definition) is 6. The third-order valence-corrected chi connectivity index (χ3v) is 2.88. The lowest BCUT2D eigenvalue weighted by atomic mass is 10.2. The zero-order chi connectivity index (χ0) is 16.9. The van der Waals surface area contributed by atoms with E-state index in [-0.39, 0.29) is 22.9 Å². The van der Waals surface area contributed by atoms with Crippen LogP contribution in [0.2, 0.25) is 0 Å². The van der Waals surface area contributed by atoms with Gasteiger partial charge in [0.05, 0.1) is 12.4 Å². The Morgan fingerprint density at radius 2 is 1.92 bits per heavy atom. The number of nitrogens with one attached hydrogen (secondary N) is 1. The Bertz CT molecular complexity index is 874. The van der Waals surface area contributed by atoms with Crippen LogP contribution in [0.1, 0.15) is 10.5 Å². The van der Waals surface area contributed by atoms with Crippen LogP contribution in [0, 0.1) is 5.82 Å². The number of halogens is 1. The lowest BCUT2D eigenvalue weighted by Crippen LogP contribution is -2.13. The van der Waals surface area contributed by atoms with Crippen LogP contribution in [0.25, 0.3) is 0 Å². The molecular formula is C16H11FN4O3. The van der Waals surface area contributed by atoms with Crippen molar-refractivity contribution >= 4 is 11.6 Å². The molecule has 0 saturated carbocycles. The fourth-order valence-corrected chi connectivity index (χ4v) is 1.91. The summed E-state index contributed by atoms with van der Waals surface area (Å²) in [5.74, 6) is -0.782. The van der Waals surface area contributed by atoms with Crippen LogP contribution in [0.3, 0.4) is 0 Å². The molecule has 0 bridgehead atoms. The number of aromatic nitrogens is 3. The van der Waals surface area contributed by atoms with Crippen LogP contribution in [0.15, 0.2) is 55.2 Å². The van der Waals surface area contributed by atoms with Crippen LogP contribution < -0.4 is 10.1 Å². The summed E-state index contributed by atoms with van der Waals surface area (Å²) >= 11 is 0. The molecule has 0 aliphatic carbocycles. The molecule has 2 N–H and O–H groups in total. The number of amides is 1. The predicted molar refractivity (Wildman–Crippen MR) is 82.4 cm³/mol. The van der Waals surface area contributed by atoms with E-state index in [2.05, 4.69) is 20.3 Å². The van der Waals surface area contributed by atoms with Gasteiger partial charge in [-0.15, -0.1) is 0 Å². The molecule has 120 valence electrons. The van der Waals surface area contributed by atoms with Crippen molar-refractivity contribution in [3.8, 4) is 17.2 Å². The zero-order valence-corrected chi connectivity index (χ0v) is 12.2. The Labute approximate surface area is 135 Å². The third kappa shape index (κ3) is 3.80. The fraction of sp³-hybridized carbons (Fsp3) is 0. The molecule has 24 heavy (non-hydrogen) atoms. The van der Waals surface area contributed by atoms with Gasteiger partial charge in [-0.25, -0.2) is 14.4 Å². The molecule has 0 aliphatic heterocycles. The van der Waals surface area contributed by atoms with E-state index in [4.69, 9.17) is 4.74 Å². The van der Waals surface area contributed by atoms with E-state index >= 15 is 0 Å². The summed E-state index contributed by atoms with van der Waals surface area (Å²) in [6.07, 6.45) is 5.48. The third-order valence-electron chi connectivity index (χ3n) is 2.88. The van der Waals surface area contributed by atoms with E-state index in [0.29, 0.717) is 5.75 Å². The normalized spacial score (nSPS) is 10.2. The second-order valence-corrected chi connectivity index (χ2v) is 4.71. The SMILES string of the molecule is O=C(Nc1cc(F)cc(Oc2cncnc2)c1)c1cc(O)ccn1. The van der Waals surface area contributed by atoms with Gasteiger partial charge < -0.3 is 15.2 Å². The quantitative estimate of drug-likeness (QED) is 0.765. The van der Waals surface area contributed by atoms with Crippen molar-refractivity contribution in [1.29, 1.82) is 0 Å². The minimum Gasteiger partial charge on any atom is -0.508 e. The summed E-state index contributed by atoms with van der Waals surface area (Å²) in [7, 11) is 0. The van der Waals surface area contributed by atoms with Crippen LogP contribution in [-0.4, -0.2) is 26.0 Å². The lowest BCUT2D eigenvalue weighted by Gasteiger charge is -2.09. The second-order valence-electron chi connectivity index (χ2n) is 4.71. The second kappa shape index (κ2) is 6.69. The van der Waals surface area contributed by atoms with Gasteiger partial charge in [-0.1, -0.05) is 0 Å². The van der Waals surface area contributed by atoms with Crippen molar-refractivity contribution in [1.82, 2.24) is 15.0 Å². The number of pyridine rings is 1. The van der Waals surface area contributed by atoms with E-state index in [1.54, 1.807) is 0 Å². The highest BCUT2D eigenvalue weighted by atomic mass is 19.1. The lowest BCUT2D eigenvalue weighted by molar-refractivity contribution is 0.102. The Hall–Kier alpha value is -3.55. The molecular weight excluding hydrogens is 315 g/mol. The summed E-state index contributed by atoms with van der Waals surface area (Å²) in [6, 6.07) is 6.28. The van der Waals surface area contributed by atoms with Gasteiger partial charge >= 0.3 is 0 Å². The maximum absolute atomic E-state index is 13.7. The molecule has 0 saturated heterocycles. The van der Waals surface area contributed by atoms with Crippen LogP contribution in [0.5, 0.6) is 17.2 Å². The molecule has 0 spiro atoms. The highest BCUT2D eigenvalue weighted by Crippen LogP contribution is 2.25. The molecule has 3 aromatic rings. The molecule has 2 heterocycles. The van der Waals surface area contributed by atoms with Crippen molar-refractivity contribution in [3.05, 3.63) is 66.8 Å². The van der Waals surface area contributed by atoms with Crippen molar-refractivity contribution in [2.75, 3.05) is 5.32 Å². The van der Waals surface area contributed by atoms with Gasteiger partial charge in [-0.2, -0.15) is 0 Å². The summed E-state index contributed by atoms with van der Waals surface area (Å²) < 4.78 is 19.2. The molecule has 2 aromatic heterocycles. The number of anilines is 1. The maximum Gasteiger partial charge on any atom is 0.274 e. The number of carbonyl (C=O) groups excluding carboxylic acids is 1. The van der Waals surface area contributed by atoms with Gasteiger partial charge in [0.1, 0.15) is 29.3 Å². The molecule has 1 amide bonds. The molecule has 0 unspecified atom stereocenters. The minimum atomic E-state index is -0.594. The molecule has 0 fully saturated rings. The van der Waals surface area contributed by atoms with Crippen LogP contribution in [-0.2, 0) is 0 Å². The Kier molecular flexibility index (Phi) is 4.28. The number of carbonyl (C=O) groups is 1. The van der Waals surface area contributed by atoms with Gasteiger partial charge in [0.25, 0.3) is 5.91 Å². The highest BCUT2D eigenvalue weighted by Gasteiger charge is 2.11. The standard InChI is InChI=1S/C16H11FN4O3/c17-10-3-11(21-16(23)15-6-12(22)1-2-20-15)5-13(4-10)24-14-7-18-9-19-8-14/h1-9H,(H,20,22)(H,21,23). The van der Waals surface area contributed by atoms with Gasteiger partial charge in [-0.05, 0) is 12.1 Å². The summed E-state index contributed by atoms with van der Waals surface area (Å²) in [6.45, 7) is 0. The van der Waals surface area contributed by atoms with E-state index in [1.807, 2.05) is 0 Å². The van der Waals surface area contributed by atoms with Crippen molar-refractivity contribution in [2.45, 2.75) is 0 Å². The summed E-state index contributed by atoms with van der Waals surface area (Å²) in [5.41, 5.74) is 0.176. The van der Waals surface area contributed by atoms with E-state index in [1.165, 1.54) is 43.1 Å². The Morgan fingerprint density at radius 3 is 2.67 bits per heavy atom. The molecule has 0 aliphatic rings. The molecule has 1 aromatic carbocycles. The number of nitrogens with zero attached hydrogens (tertiary/aromatic N) is 3. The monoisotopic (exact) mass is 326 g/mol.